The van der Waals surface area contributed by atoms with E-state index in [0.717, 1.165) is 0 Å². The average molecular weight is 663 g/mol. The summed E-state index contributed by atoms with van der Waals surface area (Å²) < 4.78 is 33.2. The molecule has 3 aliphatic carbocycles. The van der Waals surface area contributed by atoms with Crippen molar-refractivity contribution in [3.05, 3.63) is 96.2 Å². The Kier molecular flexibility index (Phi) is 7.71. The van der Waals surface area contributed by atoms with Gasteiger partial charge in [-0.3, -0.25) is 4.79 Å². The van der Waals surface area contributed by atoms with Crippen molar-refractivity contribution in [2.45, 2.75) is 93.0 Å². The molecule has 4 N–H and O–H groups in total. The molecule has 256 valence electrons. The lowest BCUT2D eigenvalue weighted by Gasteiger charge is -2.61. The van der Waals surface area contributed by atoms with E-state index in [1.165, 1.54) is 12.2 Å². The molecule has 0 amide bonds. The van der Waals surface area contributed by atoms with Crippen LogP contribution in [-0.4, -0.2) is 91.7 Å². The third-order valence-electron chi connectivity index (χ3n) is 11.4. The number of benzene rings is 1. The van der Waals surface area contributed by atoms with Gasteiger partial charge in [0.15, 0.2) is 17.0 Å². The first-order valence-corrected chi connectivity index (χ1v) is 16.4. The van der Waals surface area contributed by atoms with E-state index in [9.17, 15) is 30.0 Å². The molecule has 0 aromatic heterocycles. The Morgan fingerprint density at radius 2 is 1.81 bits per heavy atom. The molecule has 3 bridgehead atoms. The van der Waals surface area contributed by atoms with Crippen molar-refractivity contribution < 1.29 is 53.7 Å². The van der Waals surface area contributed by atoms with Crippen molar-refractivity contribution in [3.63, 3.8) is 0 Å². The topological polar surface area (TPSA) is 165 Å². The van der Waals surface area contributed by atoms with Gasteiger partial charge < -0.3 is 44.1 Å². The number of allylic oxidation sites excluding steroid dienone is 4. The smallest absolute Gasteiger partial charge is 0.331 e. The highest BCUT2D eigenvalue weighted by molar-refractivity contribution is 6.05. The van der Waals surface area contributed by atoms with Crippen LogP contribution in [0.1, 0.15) is 39.7 Å². The monoisotopic (exact) mass is 662 g/mol. The molecule has 0 spiro atoms. The van der Waals surface area contributed by atoms with E-state index < -0.39 is 95.0 Å². The number of hydrogen-bond donors (Lipinski definition) is 4. The fourth-order valence-corrected chi connectivity index (χ4v) is 9.07. The Labute approximate surface area is 278 Å². The molecule has 3 saturated heterocycles. The van der Waals surface area contributed by atoms with Gasteiger partial charge in [0.25, 0.3) is 0 Å². The van der Waals surface area contributed by atoms with Crippen LogP contribution in [-0.2, 0) is 39.2 Å². The summed E-state index contributed by atoms with van der Waals surface area (Å²) in [6, 6.07) is 8.95. The van der Waals surface area contributed by atoms with Gasteiger partial charge in [-0.25, -0.2) is 4.79 Å². The number of rotatable bonds is 9. The van der Waals surface area contributed by atoms with Crippen LogP contribution in [0.4, 0.5) is 0 Å². The van der Waals surface area contributed by atoms with Gasteiger partial charge in [0, 0.05) is 29.4 Å². The zero-order chi connectivity index (χ0) is 34.4. The summed E-state index contributed by atoms with van der Waals surface area (Å²) in [6.45, 7) is 10.6. The molecule has 6 aliphatic rings. The van der Waals surface area contributed by atoms with E-state index in [1.807, 2.05) is 13.0 Å². The van der Waals surface area contributed by atoms with Gasteiger partial charge in [-0.1, -0.05) is 87.2 Å². The molecule has 11 nitrogen and oxygen atoms in total. The Bertz CT molecular complexity index is 1650. The number of Topliss-reactive ketones (excluding diaryl/α,β-unsaturated/α-hetero) is 1. The molecule has 2 saturated carbocycles. The van der Waals surface area contributed by atoms with Crippen molar-refractivity contribution in [1.29, 1.82) is 0 Å². The molecule has 5 fully saturated rings. The van der Waals surface area contributed by atoms with Crippen LogP contribution in [0.15, 0.2) is 90.6 Å². The predicted molar refractivity (Wildman–Crippen MR) is 170 cm³/mol. The maximum Gasteiger partial charge on any atom is 0.331 e. The van der Waals surface area contributed by atoms with Crippen LogP contribution < -0.4 is 0 Å². The quantitative estimate of drug-likeness (QED) is 0.101. The Morgan fingerprint density at radius 1 is 1.10 bits per heavy atom. The maximum absolute atomic E-state index is 13.8. The van der Waals surface area contributed by atoms with E-state index in [0.29, 0.717) is 17.6 Å². The lowest BCUT2D eigenvalue weighted by molar-refractivity contribution is -0.440. The minimum absolute atomic E-state index is 0.215. The number of aliphatic hydroxyl groups excluding tert-OH is 3. The largest absolute Gasteiger partial charge is 0.455 e. The zero-order valence-corrected chi connectivity index (χ0v) is 27.3. The minimum Gasteiger partial charge on any atom is -0.455 e. The molecule has 48 heavy (non-hydrogen) atoms. The second kappa shape index (κ2) is 11.1. The van der Waals surface area contributed by atoms with Crippen LogP contribution in [0.2, 0.25) is 0 Å². The highest BCUT2D eigenvalue weighted by Crippen LogP contribution is 2.74. The van der Waals surface area contributed by atoms with Crippen molar-refractivity contribution in [1.82, 2.24) is 0 Å². The second-order valence-electron chi connectivity index (χ2n) is 13.9. The molecule has 0 radical (unpaired) electrons. The van der Waals surface area contributed by atoms with Crippen molar-refractivity contribution in [2.75, 3.05) is 6.61 Å². The number of ketones is 1. The van der Waals surface area contributed by atoms with Crippen molar-refractivity contribution in [3.8, 4) is 0 Å². The summed E-state index contributed by atoms with van der Waals surface area (Å²) >= 11 is 0. The van der Waals surface area contributed by atoms with Crippen molar-refractivity contribution in [2.24, 2.45) is 17.8 Å². The van der Waals surface area contributed by atoms with Gasteiger partial charge >= 0.3 is 11.9 Å². The molecule has 13 unspecified atom stereocenters. The van der Waals surface area contributed by atoms with E-state index in [2.05, 4.69) is 6.58 Å². The summed E-state index contributed by atoms with van der Waals surface area (Å²) in [7, 11) is 0. The fourth-order valence-electron chi connectivity index (χ4n) is 9.07. The number of carbonyl (C=O) groups is 2. The number of ether oxygens (including phenoxy) is 5. The normalized spacial score (nSPS) is 46.0. The molecular formula is C37H42O11. The van der Waals surface area contributed by atoms with Gasteiger partial charge in [0.05, 0.1) is 18.3 Å². The molecule has 1 aromatic carbocycles. The third-order valence-corrected chi connectivity index (χ3v) is 11.4. The van der Waals surface area contributed by atoms with Crippen LogP contribution in [0.5, 0.6) is 0 Å². The number of carbonyl (C=O) groups excluding carboxylic acids is 2. The molecule has 1 aromatic rings. The van der Waals surface area contributed by atoms with E-state index in [1.54, 1.807) is 75.4 Å². The molecule has 13 atom stereocenters. The van der Waals surface area contributed by atoms with Crippen LogP contribution in [0, 0.1) is 17.8 Å². The van der Waals surface area contributed by atoms with Gasteiger partial charge in [0.1, 0.15) is 30.0 Å². The average Bonchev–Trinajstić information content (AvgIpc) is 3.70. The van der Waals surface area contributed by atoms with E-state index in [-0.39, 0.29) is 5.57 Å². The van der Waals surface area contributed by atoms with Crippen LogP contribution >= 0.6 is 0 Å². The third kappa shape index (κ3) is 4.10. The SMILES string of the molecule is C=C(C)C12OC3(c4ccccc4)OC1C1C4OC4(CO)C(O)C4(O)C(=O)C(C)=CC4C1(O3)C(C)C2OC(=O)C=CC=CC=CC(O)CC. The lowest BCUT2D eigenvalue weighted by Crippen LogP contribution is -2.76. The van der Waals surface area contributed by atoms with Gasteiger partial charge in [0.2, 0.25) is 0 Å². The summed E-state index contributed by atoms with van der Waals surface area (Å²) in [4.78, 5) is 27.4. The van der Waals surface area contributed by atoms with Gasteiger partial charge in [-0.15, -0.1) is 0 Å². The number of esters is 1. The Balaban J connectivity index is 1.38. The first kappa shape index (κ1) is 33.2. The van der Waals surface area contributed by atoms with Crippen LogP contribution in [0.3, 0.4) is 0 Å². The summed E-state index contributed by atoms with van der Waals surface area (Å²) in [5.74, 6) is -6.09. The Morgan fingerprint density at radius 3 is 2.48 bits per heavy atom. The summed E-state index contributed by atoms with van der Waals surface area (Å²) in [5, 5.41) is 44.6. The van der Waals surface area contributed by atoms with Gasteiger partial charge in [-0.05, 0) is 31.4 Å². The minimum atomic E-state index is -2.44. The first-order valence-electron chi connectivity index (χ1n) is 16.4. The highest BCUT2D eigenvalue weighted by Gasteiger charge is 2.90. The lowest BCUT2D eigenvalue weighted by atomic mass is 9.53. The standard InChI is InChI=1S/C37H42O11/c1-6-24(39)16-12-7-8-13-17-26(40)44-29-22(5)36-25-18-21(4)28(41)34(25,43)32(42)33(19-38)30(45-33)27(36)31-35(29,20(2)3)47-37(46-31,48-36)23-14-10-9-11-15-23/h7-18,22,24-25,27,29-32,38-39,42-43H,2,6,19H2,1,3-5H3. The van der Waals surface area contributed by atoms with E-state index in [4.69, 9.17) is 23.7 Å². The number of aliphatic hydroxyl groups is 4. The Hall–Kier alpha value is -3.26. The molecular weight excluding hydrogens is 620 g/mol. The summed E-state index contributed by atoms with van der Waals surface area (Å²) in [6.07, 6.45) is 6.17. The maximum atomic E-state index is 13.8. The van der Waals surface area contributed by atoms with E-state index >= 15 is 0 Å². The molecule has 11 heteroatoms. The summed E-state index contributed by atoms with van der Waals surface area (Å²) in [5.41, 5.74) is -6.05. The number of epoxide rings is 1. The number of hydrogen-bond acceptors (Lipinski definition) is 11. The first-order chi connectivity index (χ1) is 22.8. The fraction of sp³-hybridized carbons (Fsp3) is 0.514. The molecule has 3 heterocycles. The van der Waals surface area contributed by atoms with Crippen LogP contribution in [0.25, 0.3) is 0 Å². The zero-order valence-electron chi connectivity index (χ0n) is 27.3. The molecule has 7 rings (SSSR count). The van der Waals surface area contributed by atoms with Gasteiger partial charge in [-0.2, -0.15) is 0 Å². The molecule has 3 aliphatic heterocycles. The number of fused-ring (bicyclic) bond motifs is 3. The second-order valence-corrected chi connectivity index (χ2v) is 13.9. The van der Waals surface area contributed by atoms with Crippen molar-refractivity contribution >= 4 is 11.8 Å². The predicted octanol–water partition coefficient (Wildman–Crippen LogP) is 2.29. The highest BCUT2D eigenvalue weighted by atomic mass is 16.9.